The number of amides is 1. The summed E-state index contributed by atoms with van der Waals surface area (Å²) in [5, 5.41) is 0.912. The maximum atomic E-state index is 11.9. The van der Waals surface area contributed by atoms with Crippen LogP contribution in [-0.2, 0) is 4.79 Å². The van der Waals surface area contributed by atoms with Crippen LogP contribution in [0.25, 0.3) is 22.4 Å². The molecule has 1 fully saturated rings. The summed E-state index contributed by atoms with van der Waals surface area (Å²) in [4.78, 5) is 26.5. The Bertz CT molecular complexity index is 889. The summed E-state index contributed by atoms with van der Waals surface area (Å²) in [6, 6.07) is 11.5. The highest BCUT2D eigenvalue weighted by atomic mass is 16.1. The number of carbonyl (C=O) groups excluding carboxylic acids is 1. The molecule has 3 heterocycles. The maximum absolute atomic E-state index is 11.9. The van der Waals surface area contributed by atoms with Crippen LogP contribution in [0.2, 0.25) is 0 Å². The highest BCUT2D eigenvalue weighted by Gasteiger charge is 2.35. The van der Waals surface area contributed by atoms with Crippen molar-refractivity contribution < 1.29 is 4.79 Å². The first-order chi connectivity index (χ1) is 11.6. The number of benzene rings is 1. The third kappa shape index (κ3) is 2.40. The number of rotatable bonds is 3. The molecule has 4 rings (SSSR count). The Hall–Kier alpha value is -2.89. The number of hydrogen-bond donors (Lipinski definition) is 2. The summed E-state index contributed by atoms with van der Waals surface area (Å²) in [7, 11) is 0. The summed E-state index contributed by atoms with van der Waals surface area (Å²) in [5.41, 5.74) is 7.33. The Morgan fingerprint density at radius 3 is 2.79 bits per heavy atom. The molecule has 0 aliphatic carbocycles. The maximum Gasteiger partial charge on any atom is 0.240 e. The van der Waals surface area contributed by atoms with Crippen molar-refractivity contribution in [3.8, 4) is 11.4 Å². The van der Waals surface area contributed by atoms with Crippen LogP contribution in [0, 0.1) is 5.92 Å². The van der Waals surface area contributed by atoms with Crippen LogP contribution < -0.4 is 10.6 Å². The Balaban J connectivity index is 1.88. The minimum absolute atomic E-state index is 0.303. The zero-order chi connectivity index (χ0) is 16.7. The quantitative estimate of drug-likeness (QED) is 0.775. The monoisotopic (exact) mass is 321 g/mol. The minimum atomic E-state index is -0.323. The predicted molar refractivity (Wildman–Crippen MR) is 93.4 cm³/mol. The predicted octanol–water partition coefficient (Wildman–Crippen LogP) is 2.33. The molecule has 6 nitrogen and oxygen atoms in total. The molecule has 0 bridgehead atoms. The highest BCUT2D eigenvalue weighted by molar-refractivity contribution is 5.93. The van der Waals surface area contributed by atoms with Gasteiger partial charge in [0.1, 0.15) is 17.5 Å². The fourth-order valence-corrected chi connectivity index (χ4v) is 3.41. The number of carbonyl (C=O) groups is 1. The molecule has 0 spiro atoms. The fraction of sp³-hybridized carbons (Fsp3) is 0.278. The van der Waals surface area contributed by atoms with Crippen LogP contribution in [0.5, 0.6) is 0 Å². The number of nitrogens with one attached hydrogen (secondary N) is 1. The normalized spacial score (nSPS) is 20.6. The number of aromatic nitrogens is 3. The van der Waals surface area contributed by atoms with Gasteiger partial charge >= 0.3 is 0 Å². The second-order valence-electron chi connectivity index (χ2n) is 6.39. The molecular formula is C18H19N5O. The van der Waals surface area contributed by atoms with Gasteiger partial charge in [-0.05, 0) is 18.4 Å². The first-order valence-corrected chi connectivity index (χ1v) is 8.10. The van der Waals surface area contributed by atoms with Crippen molar-refractivity contribution >= 4 is 22.8 Å². The van der Waals surface area contributed by atoms with Gasteiger partial charge in [0.15, 0.2) is 5.82 Å². The second kappa shape index (κ2) is 5.63. The molecule has 0 radical (unpaired) electrons. The van der Waals surface area contributed by atoms with E-state index in [2.05, 4.69) is 16.9 Å². The van der Waals surface area contributed by atoms with Gasteiger partial charge in [0.05, 0.1) is 5.39 Å². The average Bonchev–Trinajstić information content (AvgIpc) is 3.21. The van der Waals surface area contributed by atoms with Gasteiger partial charge in [-0.1, -0.05) is 37.3 Å². The van der Waals surface area contributed by atoms with Crippen molar-refractivity contribution in [2.75, 3.05) is 11.4 Å². The standard InChI is InChI=1S/C18H19N5O/c1-11-9-14(15(19)24)23(10-11)18-13-7-8-20-17(13)21-16(22-18)12-5-3-2-4-6-12/h2-8,11,14H,9-10H2,1H3,(H2,19,24)(H,20,21,22)/t11-,14-/m0/s1. The molecular weight excluding hydrogens is 302 g/mol. The van der Waals surface area contributed by atoms with Crippen molar-refractivity contribution in [2.24, 2.45) is 11.7 Å². The summed E-state index contributed by atoms with van der Waals surface area (Å²) in [5.74, 6) is 1.51. The number of primary amides is 1. The number of fused-ring (bicyclic) bond motifs is 1. The van der Waals surface area contributed by atoms with Gasteiger partial charge in [-0.15, -0.1) is 0 Å². The number of aromatic amines is 1. The molecule has 0 unspecified atom stereocenters. The van der Waals surface area contributed by atoms with E-state index in [0.29, 0.717) is 11.7 Å². The van der Waals surface area contributed by atoms with Crippen LogP contribution in [0.15, 0.2) is 42.6 Å². The van der Waals surface area contributed by atoms with Crippen molar-refractivity contribution in [1.29, 1.82) is 0 Å². The van der Waals surface area contributed by atoms with Gasteiger partial charge in [-0.3, -0.25) is 4.79 Å². The molecule has 2 atom stereocenters. The Morgan fingerprint density at radius 1 is 1.25 bits per heavy atom. The lowest BCUT2D eigenvalue weighted by atomic mass is 10.1. The lowest BCUT2D eigenvalue weighted by Gasteiger charge is -2.24. The molecule has 122 valence electrons. The van der Waals surface area contributed by atoms with E-state index in [0.717, 1.165) is 35.4 Å². The van der Waals surface area contributed by atoms with E-state index in [1.54, 1.807) is 0 Å². The van der Waals surface area contributed by atoms with Gasteiger partial charge in [-0.25, -0.2) is 9.97 Å². The van der Waals surface area contributed by atoms with Crippen LogP contribution >= 0.6 is 0 Å². The molecule has 0 saturated carbocycles. The fourth-order valence-electron chi connectivity index (χ4n) is 3.41. The number of H-pyrrole nitrogens is 1. The van der Waals surface area contributed by atoms with E-state index in [1.807, 2.05) is 47.5 Å². The second-order valence-corrected chi connectivity index (χ2v) is 6.39. The van der Waals surface area contributed by atoms with E-state index >= 15 is 0 Å². The van der Waals surface area contributed by atoms with E-state index in [4.69, 9.17) is 10.7 Å². The Labute approximate surface area is 139 Å². The van der Waals surface area contributed by atoms with Crippen molar-refractivity contribution in [3.05, 3.63) is 42.6 Å². The molecule has 1 saturated heterocycles. The van der Waals surface area contributed by atoms with Gasteiger partial charge in [0.2, 0.25) is 5.91 Å². The van der Waals surface area contributed by atoms with Gasteiger partial charge in [0.25, 0.3) is 0 Å². The zero-order valence-electron chi connectivity index (χ0n) is 13.4. The smallest absolute Gasteiger partial charge is 0.240 e. The zero-order valence-corrected chi connectivity index (χ0v) is 13.4. The molecule has 1 aromatic carbocycles. The number of anilines is 1. The largest absolute Gasteiger partial charge is 0.368 e. The lowest BCUT2D eigenvalue weighted by Crippen LogP contribution is -2.40. The molecule has 24 heavy (non-hydrogen) atoms. The van der Waals surface area contributed by atoms with Crippen molar-refractivity contribution in [2.45, 2.75) is 19.4 Å². The first-order valence-electron chi connectivity index (χ1n) is 8.10. The van der Waals surface area contributed by atoms with Crippen LogP contribution in [0.3, 0.4) is 0 Å². The summed E-state index contributed by atoms with van der Waals surface area (Å²) in [6.45, 7) is 2.89. The first kappa shape index (κ1) is 14.7. The van der Waals surface area contributed by atoms with Crippen LogP contribution in [0.4, 0.5) is 5.82 Å². The minimum Gasteiger partial charge on any atom is -0.368 e. The van der Waals surface area contributed by atoms with Gasteiger partial charge in [-0.2, -0.15) is 0 Å². The van der Waals surface area contributed by atoms with Crippen molar-refractivity contribution in [3.63, 3.8) is 0 Å². The summed E-state index contributed by atoms with van der Waals surface area (Å²) >= 11 is 0. The number of hydrogen-bond acceptors (Lipinski definition) is 4. The van der Waals surface area contributed by atoms with Gasteiger partial charge in [0, 0.05) is 18.3 Å². The Morgan fingerprint density at radius 2 is 2.04 bits per heavy atom. The van der Waals surface area contributed by atoms with E-state index in [-0.39, 0.29) is 11.9 Å². The van der Waals surface area contributed by atoms with E-state index < -0.39 is 0 Å². The van der Waals surface area contributed by atoms with E-state index in [1.165, 1.54) is 0 Å². The molecule has 2 aromatic heterocycles. The van der Waals surface area contributed by atoms with E-state index in [9.17, 15) is 4.79 Å². The molecule has 1 aliphatic heterocycles. The Kier molecular flexibility index (Phi) is 3.45. The van der Waals surface area contributed by atoms with Gasteiger partial charge < -0.3 is 15.6 Å². The third-order valence-electron chi connectivity index (χ3n) is 4.54. The van der Waals surface area contributed by atoms with Crippen LogP contribution in [0.1, 0.15) is 13.3 Å². The van der Waals surface area contributed by atoms with Crippen LogP contribution in [-0.4, -0.2) is 33.4 Å². The molecule has 1 aliphatic rings. The number of nitrogens with two attached hydrogens (primary N) is 1. The topological polar surface area (TPSA) is 87.9 Å². The molecule has 3 aromatic rings. The number of nitrogens with zero attached hydrogens (tertiary/aromatic N) is 3. The molecule has 6 heteroatoms. The average molecular weight is 321 g/mol. The third-order valence-corrected chi connectivity index (χ3v) is 4.54. The SMILES string of the molecule is C[C@H]1C[C@@H](C(N)=O)N(c2nc(-c3ccccc3)nc3[nH]ccc23)C1. The van der Waals surface area contributed by atoms with Crippen molar-refractivity contribution in [1.82, 2.24) is 15.0 Å². The lowest BCUT2D eigenvalue weighted by molar-refractivity contribution is -0.119. The highest BCUT2D eigenvalue weighted by Crippen LogP contribution is 2.33. The molecule has 1 amide bonds. The summed E-state index contributed by atoms with van der Waals surface area (Å²) < 4.78 is 0. The summed E-state index contributed by atoms with van der Waals surface area (Å²) in [6.07, 6.45) is 2.60. The molecule has 3 N–H and O–H groups in total.